The smallest absolute Gasteiger partial charge is 0.270 e. The first-order valence-electron chi connectivity index (χ1n) is 8.44. The third-order valence-electron chi connectivity index (χ3n) is 4.39. The maximum atomic E-state index is 12.5. The Morgan fingerprint density at radius 1 is 1.12 bits per heavy atom. The second kappa shape index (κ2) is 6.48. The summed E-state index contributed by atoms with van der Waals surface area (Å²) in [6.07, 6.45) is 4.95. The minimum absolute atomic E-state index is 0.0397. The molecule has 0 fully saturated rings. The highest BCUT2D eigenvalue weighted by atomic mass is 16.2. The van der Waals surface area contributed by atoms with E-state index in [0.29, 0.717) is 12.2 Å². The Morgan fingerprint density at radius 3 is 2.81 bits per heavy atom. The zero-order chi connectivity index (χ0) is 18.1. The Hall–Kier alpha value is -3.41. The van der Waals surface area contributed by atoms with E-state index in [9.17, 15) is 9.59 Å². The molecule has 1 aromatic carbocycles. The van der Waals surface area contributed by atoms with E-state index in [-0.39, 0.29) is 17.2 Å². The second-order valence-electron chi connectivity index (χ2n) is 6.31. The maximum Gasteiger partial charge on any atom is 0.270 e. The van der Waals surface area contributed by atoms with Crippen LogP contribution >= 0.6 is 0 Å². The molecule has 6 nitrogen and oxygen atoms in total. The van der Waals surface area contributed by atoms with Gasteiger partial charge in [0.1, 0.15) is 11.2 Å². The minimum Gasteiger partial charge on any atom is -0.348 e. The molecule has 0 bridgehead atoms. The van der Waals surface area contributed by atoms with Gasteiger partial charge >= 0.3 is 0 Å². The van der Waals surface area contributed by atoms with Crippen LogP contribution in [0.2, 0.25) is 0 Å². The quantitative estimate of drug-likeness (QED) is 0.617. The molecule has 3 aromatic heterocycles. The number of aromatic nitrogens is 3. The number of rotatable bonds is 4. The number of carbonyl (C=O) groups excluding carboxylic acids is 1. The fourth-order valence-corrected chi connectivity index (χ4v) is 3.12. The van der Waals surface area contributed by atoms with Crippen molar-refractivity contribution >= 4 is 22.5 Å². The summed E-state index contributed by atoms with van der Waals surface area (Å²) in [5.41, 5.74) is 1.30. The van der Waals surface area contributed by atoms with E-state index >= 15 is 0 Å². The number of benzene rings is 1. The summed E-state index contributed by atoms with van der Waals surface area (Å²) in [7, 11) is 0. The number of hydrogen-bond donors (Lipinski definition) is 1. The average Bonchev–Trinajstić information content (AvgIpc) is 3.05. The lowest BCUT2D eigenvalue weighted by molar-refractivity contribution is 0.0935. The van der Waals surface area contributed by atoms with Gasteiger partial charge < -0.3 is 9.88 Å². The van der Waals surface area contributed by atoms with Crippen molar-refractivity contribution in [1.82, 2.24) is 19.3 Å². The molecule has 130 valence electrons. The minimum atomic E-state index is -0.412. The zero-order valence-electron chi connectivity index (χ0n) is 14.3. The first-order chi connectivity index (χ1) is 12.6. The summed E-state index contributed by atoms with van der Waals surface area (Å²) in [6.45, 7) is 2.53. The molecular formula is C20H18N4O2. The van der Waals surface area contributed by atoms with Crippen LogP contribution in [0.25, 0.3) is 16.6 Å². The van der Waals surface area contributed by atoms with Gasteiger partial charge in [-0.15, -0.1) is 0 Å². The first kappa shape index (κ1) is 16.1. The van der Waals surface area contributed by atoms with Gasteiger partial charge in [0.25, 0.3) is 11.5 Å². The van der Waals surface area contributed by atoms with Gasteiger partial charge in [0.15, 0.2) is 0 Å². The predicted octanol–water partition coefficient (Wildman–Crippen LogP) is 2.47. The summed E-state index contributed by atoms with van der Waals surface area (Å²) in [6, 6.07) is 15.2. The van der Waals surface area contributed by atoms with E-state index < -0.39 is 5.91 Å². The number of hydrogen-bond acceptors (Lipinski definition) is 3. The lowest BCUT2D eigenvalue weighted by Crippen LogP contribution is -2.38. The first-order valence-corrected chi connectivity index (χ1v) is 8.44. The molecule has 1 amide bonds. The van der Waals surface area contributed by atoms with Crippen molar-refractivity contribution in [3.63, 3.8) is 0 Å². The van der Waals surface area contributed by atoms with Gasteiger partial charge in [0.05, 0.1) is 0 Å². The van der Waals surface area contributed by atoms with E-state index in [2.05, 4.69) is 20.9 Å². The monoisotopic (exact) mass is 346 g/mol. The van der Waals surface area contributed by atoms with Crippen LogP contribution in [0.15, 0.2) is 71.9 Å². The fourth-order valence-electron chi connectivity index (χ4n) is 3.12. The molecule has 4 rings (SSSR count). The van der Waals surface area contributed by atoms with Crippen LogP contribution in [0.5, 0.6) is 0 Å². The van der Waals surface area contributed by atoms with Crippen molar-refractivity contribution < 1.29 is 4.79 Å². The number of carbonyl (C=O) groups is 1. The Bertz CT molecular complexity index is 1160. The van der Waals surface area contributed by atoms with E-state index in [1.807, 2.05) is 37.4 Å². The summed E-state index contributed by atoms with van der Waals surface area (Å²) in [4.78, 5) is 29.2. The standard InChI is InChI=1S/C20H18N4O2/c1-14(13-23-11-9-15-6-2-3-7-17(15)23)22-19(25)16-12-21-18-8-4-5-10-24(18)20(16)26/h2-12,14H,13H2,1H3,(H,22,25)/t14-/m1/s1. The van der Waals surface area contributed by atoms with Crippen molar-refractivity contribution in [1.29, 1.82) is 0 Å². The van der Waals surface area contributed by atoms with Crippen LogP contribution in [-0.4, -0.2) is 25.9 Å². The van der Waals surface area contributed by atoms with Gasteiger partial charge in [-0.05, 0) is 36.6 Å². The Balaban J connectivity index is 1.54. The summed E-state index contributed by atoms with van der Waals surface area (Å²) < 4.78 is 3.46. The van der Waals surface area contributed by atoms with Crippen molar-refractivity contribution in [2.75, 3.05) is 0 Å². The van der Waals surface area contributed by atoms with Gasteiger partial charge in [-0.1, -0.05) is 24.3 Å². The SMILES string of the molecule is C[C@H](Cn1ccc2ccccc21)NC(=O)c1cnc2ccccn2c1=O. The number of fused-ring (bicyclic) bond motifs is 2. The van der Waals surface area contributed by atoms with E-state index in [0.717, 1.165) is 10.9 Å². The van der Waals surface area contributed by atoms with Crippen molar-refractivity contribution in [2.45, 2.75) is 19.5 Å². The van der Waals surface area contributed by atoms with E-state index in [1.54, 1.807) is 24.4 Å². The molecule has 0 aliphatic carbocycles. The van der Waals surface area contributed by atoms with Gasteiger partial charge in [0.2, 0.25) is 0 Å². The number of pyridine rings is 1. The maximum absolute atomic E-state index is 12.5. The van der Waals surface area contributed by atoms with Gasteiger partial charge in [-0.25, -0.2) is 4.98 Å². The summed E-state index contributed by atoms with van der Waals surface area (Å²) in [5, 5.41) is 4.05. The predicted molar refractivity (Wildman–Crippen MR) is 100 cm³/mol. The molecule has 6 heteroatoms. The molecule has 1 atom stereocenters. The third kappa shape index (κ3) is 2.86. The van der Waals surface area contributed by atoms with Crippen LogP contribution in [0, 0.1) is 0 Å². The highest BCUT2D eigenvalue weighted by Crippen LogP contribution is 2.15. The fraction of sp³-hybridized carbons (Fsp3) is 0.150. The van der Waals surface area contributed by atoms with Crippen LogP contribution in [0.4, 0.5) is 0 Å². The number of para-hydroxylation sites is 1. The summed E-state index contributed by atoms with van der Waals surface area (Å²) >= 11 is 0. The lowest BCUT2D eigenvalue weighted by Gasteiger charge is -2.15. The van der Waals surface area contributed by atoms with Crippen LogP contribution in [0.1, 0.15) is 17.3 Å². The molecule has 0 saturated heterocycles. The molecule has 0 saturated carbocycles. The Labute approximate surface area is 149 Å². The molecule has 3 heterocycles. The molecule has 0 aliphatic heterocycles. The molecule has 4 aromatic rings. The van der Waals surface area contributed by atoms with Gasteiger partial charge in [-0.2, -0.15) is 0 Å². The highest BCUT2D eigenvalue weighted by molar-refractivity contribution is 5.93. The topological polar surface area (TPSA) is 68.4 Å². The molecule has 0 aliphatic rings. The van der Waals surface area contributed by atoms with Crippen molar-refractivity contribution in [3.8, 4) is 0 Å². The van der Waals surface area contributed by atoms with E-state index in [1.165, 1.54) is 10.6 Å². The van der Waals surface area contributed by atoms with Crippen LogP contribution in [-0.2, 0) is 6.54 Å². The largest absolute Gasteiger partial charge is 0.348 e. The molecule has 0 spiro atoms. The normalized spacial score (nSPS) is 12.3. The Kier molecular flexibility index (Phi) is 4.01. The third-order valence-corrected chi connectivity index (χ3v) is 4.39. The molecule has 0 radical (unpaired) electrons. The number of nitrogens with one attached hydrogen (secondary N) is 1. The van der Waals surface area contributed by atoms with Crippen molar-refractivity contribution in [3.05, 3.63) is 83.0 Å². The average molecular weight is 346 g/mol. The van der Waals surface area contributed by atoms with Crippen molar-refractivity contribution in [2.24, 2.45) is 0 Å². The van der Waals surface area contributed by atoms with Crippen LogP contribution in [0.3, 0.4) is 0 Å². The van der Waals surface area contributed by atoms with E-state index in [4.69, 9.17) is 0 Å². The lowest BCUT2D eigenvalue weighted by atomic mass is 10.2. The van der Waals surface area contributed by atoms with Crippen LogP contribution < -0.4 is 10.9 Å². The number of nitrogens with zero attached hydrogens (tertiary/aromatic N) is 3. The Morgan fingerprint density at radius 2 is 1.92 bits per heavy atom. The molecule has 0 unspecified atom stereocenters. The number of amides is 1. The highest BCUT2D eigenvalue weighted by Gasteiger charge is 2.16. The zero-order valence-corrected chi connectivity index (χ0v) is 14.3. The molecule has 26 heavy (non-hydrogen) atoms. The molecular weight excluding hydrogens is 328 g/mol. The van der Waals surface area contributed by atoms with Gasteiger partial charge in [0, 0.05) is 36.7 Å². The second-order valence-corrected chi connectivity index (χ2v) is 6.31. The van der Waals surface area contributed by atoms with Gasteiger partial charge in [-0.3, -0.25) is 14.0 Å². The summed E-state index contributed by atoms with van der Waals surface area (Å²) in [5.74, 6) is -0.412. The molecule has 1 N–H and O–H groups in total.